The molecule has 14 nitrogen and oxygen atoms in total. The second kappa shape index (κ2) is 26.0. The molecule has 2 saturated heterocycles. The molecule has 0 bridgehead atoms. The van der Waals surface area contributed by atoms with E-state index in [0.717, 1.165) is 49.9 Å². The molecule has 6 rings (SSSR count). The first-order chi connectivity index (χ1) is 32.1. The van der Waals surface area contributed by atoms with Gasteiger partial charge in [0.15, 0.2) is 0 Å². The number of amides is 2. The number of aliphatic hydroxyl groups excluding tert-OH is 2. The van der Waals surface area contributed by atoms with Crippen LogP contribution >= 0.6 is 0 Å². The van der Waals surface area contributed by atoms with Crippen LogP contribution in [0.25, 0.3) is 0 Å². The number of aliphatic hydroxyl groups is 2. The SMILES string of the molecule is CCC/C=C/C(=O)N1CCC(N(C2CC2)S(=O)(=O)c2cccc(C(F)(F)F)c2)CC1.CCCC(CC(=O)N1CCC(N(C2CC2)S(=O)(=O)c2cccc(C(F)(F)F)c2)CC1)NCCO.NCCO. The zero-order valence-corrected chi connectivity index (χ0v) is 40.4. The monoisotopic (exact) mass is 1010 g/mol. The van der Waals surface area contributed by atoms with Gasteiger partial charge in [-0.3, -0.25) is 9.59 Å². The van der Waals surface area contributed by atoms with Crippen molar-refractivity contribution in [2.75, 3.05) is 52.5 Å². The van der Waals surface area contributed by atoms with E-state index in [-0.39, 0.29) is 65.0 Å². The minimum absolute atomic E-state index is 0.00282. The predicted octanol–water partition coefficient (Wildman–Crippen LogP) is 6.13. The third-order valence-electron chi connectivity index (χ3n) is 12.0. The molecular weight excluding hydrogens is 943 g/mol. The van der Waals surface area contributed by atoms with E-state index >= 15 is 0 Å². The van der Waals surface area contributed by atoms with Gasteiger partial charge in [-0.1, -0.05) is 44.9 Å². The van der Waals surface area contributed by atoms with Gasteiger partial charge in [0.05, 0.1) is 34.1 Å². The Labute approximate surface area is 397 Å². The largest absolute Gasteiger partial charge is 0.416 e. The highest BCUT2D eigenvalue weighted by atomic mass is 32.2. The minimum atomic E-state index is -4.62. The van der Waals surface area contributed by atoms with Crippen molar-refractivity contribution in [2.45, 2.75) is 150 Å². The number of piperidine rings is 2. The zero-order chi connectivity index (χ0) is 50.3. The predicted molar refractivity (Wildman–Crippen MR) is 245 cm³/mol. The number of unbranched alkanes of at least 4 members (excludes halogenated alkanes) is 1. The number of carbonyl (C=O) groups excluding carboxylic acids is 2. The van der Waals surface area contributed by atoms with E-state index in [9.17, 15) is 52.8 Å². The van der Waals surface area contributed by atoms with Crippen LogP contribution in [0.4, 0.5) is 26.3 Å². The van der Waals surface area contributed by atoms with Gasteiger partial charge in [-0.25, -0.2) is 16.8 Å². The lowest BCUT2D eigenvalue weighted by Gasteiger charge is -2.38. The van der Waals surface area contributed by atoms with Gasteiger partial charge in [-0.15, -0.1) is 0 Å². The van der Waals surface area contributed by atoms with Gasteiger partial charge in [0, 0.05) is 75.9 Å². The lowest BCUT2D eigenvalue weighted by molar-refractivity contribution is -0.138. The number of allylic oxidation sites excluding steroid dienone is 1. The molecule has 1 unspecified atom stereocenters. The molecule has 384 valence electrons. The third kappa shape index (κ3) is 16.5. The average molecular weight is 1010 g/mol. The molecule has 2 aliphatic carbocycles. The number of carbonyl (C=O) groups is 2. The molecule has 0 radical (unpaired) electrons. The molecule has 1 atom stereocenters. The lowest BCUT2D eigenvalue weighted by atomic mass is 10.0. The number of alkyl halides is 6. The van der Waals surface area contributed by atoms with Gasteiger partial charge >= 0.3 is 12.4 Å². The van der Waals surface area contributed by atoms with E-state index in [1.165, 1.54) is 20.7 Å². The Hall–Kier alpha value is -3.64. The molecule has 2 aromatic carbocycles. The summed E-state index contributed by atoms with van der Waals surface area (Å²) in [7, 11) is -8.16. The summed E-state index contributed by atoms with van der Waals surface area (Å²) in [4.78, 5) is 27.8. The number of nitrogens with one attached hydrogen (secondary N) is 1. The molecule has 2 aromatic rings. The summed E-state index contributed by atoms with van der Waals surface area (Å²) >= 11 is 0. The number of halogens is 6. The Bertz CT molecular complexity index is 2160. The molecule has 4 aliphatic rings. The highest BCUT2D eigenvalue weighted by molar-refractivity contribution is 7.89. The number of rotatable bonds is 19. The van der Waals surface area contributed by atoms with Crippen molar-refractivity contribution in [3.8, 4) is 0 Å². The molecule has 68 heavy (non-hydrogen) atoms. The number of hydrogen-bond donors (Lipinski definition) is 4. The third-order valence-corrected chi connectivity index (χ3v) is 16.1. The summed E-state index contributed by atoms with van der Waals surface area (Å²) in [5.74, 6) is -0.0957. The van der Waals surface area contributed by atoms with Crippen molar-refractivity contribution >= 4 is 31.9 Å². The number of nitrogens with zero attached hydrogens (tertiary/aromatic N) is 4. The summed E-state index contributed by atoms with van der Waals surface area (Å²) in [6.45, 7) is 6.62. The molecule has 2 heterocycles. The fraction of sp³-hybridized carbons (Fsp3) is 0.652. The van der Waals surface area contributed by atoms with Crippen LogP contribution in [0.2, 0.25) is 0 Å². The summed E-state index contributed by atoms with van der Waals surface area (Å²) in [5.41, 5.74) is 2.82. The number of nitrogens with two attached hydrogens (primary N) is 1. The van der Waals surface area contributed by atoms with Gasteiger partial charge in [-0.2, -0.15) is 35.0 Å². The van der Waals surface area contributed by atoms with Gasteiger partial charge in [-0.05, 0) is 107 Å². The molecule has 2 amide bonds. The lowest BCUT2D eigenvalue weighted by Crippen LogP contribution is -2.50. The maximum absolute atomic E-state index is 13.4. The van der Waals surface area contributed by atoms with Gasteiger partial charge < -0.3 is 31.1 Å². The summed E-state index contributed by atoms with van der Waals surface area (Å²) in [5, 5.41) is 20.0. The molecule has 0 spiro atoms. The maximum atomic E-state index is 13.4. The topological polar surface area (TPSA) is 194 Å². The van der Waals surface area contributed by atoms with Crippen molar-refractivity contribution in [1.29, 1.82) is 0 Å². The van der Waals surface area contributed by atoms with Crippen LogP contribution in [0.3, 0.4) is 0 Å². The van der Waals surface area contributed by atoms with Crippen LogP contribution in [-0.4, -0.2) is 140 Å². The fourth-order valence-corrected chi connectivity index (χ4v) is 12.3. The highest BCUT2D eigenvalue weighted by Gasteiger charge is 2.46. The Morgan fingerprint density at radius 1 is 0.721 bits per heavy atom. The Kier molecular flexibility index (Phi) is 21.8. The molecule has 4 fully saturated rings. The van der Waals surface area contributed by atoms with E-state index in [4.69, 9.17) is 15.9 Å². The van der Waals surface area contributed by atoms with Crippen molar-refractivity contribution in [3.63, 3.8) is 0 Å². The first-order valence-electron chi connectivity index (χ1n) is 23.4. The fourth-order valence-electron chi connectivity index (χ4n) is 8.35. The number of hydrogen-bond acceptors (Lipinski definition) is 10. The van der Waals surface area contributed by atoms with Gasteiger partial charge in [0.25, 0.3) is 0 Å². The first kappa shape index (κ1) is 56.9. The second-order valence-electron chi connectivity index (χ2n) is 17.4. The minimum Gasteiger partial charge on any atom is -0.395 e. The van der Waals surface area contributed by atoms with Crippen LogP contribution in [0, 0.1) is 0 Å². The quantitative estimate of drug-likeness (QED) is 0.0940. The van der Waals surface area contributed by atoms with Crippen molar-refractivity contribution in [3.05, 3.63) is 71.8 Å². The molecule has 2 aliphatic heterocycles. The van der Waals surface area contributed by atoms with Crippen molar-refractivity contribution in [1.82, 2.24) is 23.7 Å². The van der Waals surface area contributed by atoms with Crippen LogP contribution in [0.15, 0.2) is 70.5 Å². The van der Waals surface area contributed by atoms with Gasteiger partial charge in [0.1, 0.15) is 0 Å². The van der Waals surface area contributed by atoms with E-state index in [1.54, 1.807) is 15.9 Å². The summed E-state index contributed by atoms with van der Waals surface area (Å²) in [6.07, 6.45) is 2.61. The standard InChI is InChI=1S/C23H34F3N3O4S.C21H27F3N2O3S.C2H7NO/c1-2-4-18(27-11-14-30)16-22(31)28-12-9-20(10-13-28)29(19-7-8-19)34(32,33)21-6-3-5-17(15-21)23(24,25)26;1-2-3-4-8-20(27)25-13-11-18(12-14-25)26(17-9-10-17)30(28,29)19-7-5-6-16(15-19)21(22,23)24;3-1-2-4/h3,5-6,15,18-20,27,30H,2,4,7-14,16H2,1H3;4-8,15,17-18H,2-3,9-14H2,1H3;4H,1-3H2/b;8-4+;. The molecule has 0 aromatic heterocycles. The number of sulfonamides is 2. The van der Waals surface area contributed by atoms with E-state index < -0.39 is 43.5 Å². The van der Waals surface area contributed by atoms with Crippen LogP contribution < -0.4 is 11.1 Å². The molecule has 5 N–H and O–H groups in total. The van der Waals surface area contributed by atoms with Crippen molar-refractivity contribution < 1.29 is 63.0 Å². The summed E-state index contributed by atoms with van der Waals surface area (Å²) in [6, 6.07) is 6.76. The number of benzene rings is 2. The van der Waals surface area contributed by atoms with Crippen molar-refractivity contribution in [2.24, 2.45) is 5.73 Å². The summed E-state index contributed by atoms with van der Waals surface area (Å²) < 4.78 is 135. The van der Waals surface area contributed by atoms with Crippen LogP contribution in [-0.2, 0) is 42.0 Å². The Morgan fingerprint density at radius 2 is 1.15 bits per heavy atom. The molecule has 2 saturated carbocycles. The zero-order valence-electron chi connectivity index (χ0n) is 38.8. The van der Waals surface area contributed by atoms with Gasteiger partial charge in [0.2, 0.25) is 31.9 Å². The number of likely N-dealkylation sites (tertiary alicyclic amines) is 2. The maximum Gasteiger partial charge on any atom is 0.416 e. The molecule has 22 heteroatoms. The first-order valence-corrected chi connectivity index (χ1v) is 26.3. The van der Waals surface area contributed by atoms with Crippen LogP contribution in [0.1, 0.15) is 108 Å². The second-order valence-corrected chi connectivity index (χ2v) is 21.1. The smallest absolute Gasteiger partial charge is 0.395 e. The van der Waals surface area contributed by atoms with E-state index in [1.807, 2.05) is 19.9 Å². The Morgan fingerprint density at radius 3 is 1.51 bits per heavy atom. The van der Waals surface area contributed by atoms with E-state index in [0.29, 0.717) is 109 Å². The average Bonchev–Trinajstić information content (AvgIpc) is 4.26. The normalized spacial score (nSPS) is 18.3. The van der Waals surface area contributed by atoms with Crippen LogP contribution in [0.5, 0.6) is 0 Å². The highest BCUT2D eigenvalue weighted by Crippen LogP contribution is 2.40. The Balaban J connectivity index is 0.000000277. The molecular formula is C46H68F6N6O8S2. The van der Waals surface area contributed by atoms with E-state index in [2.05, 4.69) is 5.32 Å².